The Balaban J connectivity index is 1.48. The van der Waals surface area contributed by atoms with E-state index < -0.39 is 0 Å². The highest BCUT2D eigenvalue weighted by Crippen LogP contribution is 2.25. The van der Waals surface area contributed by atoms with Crippen molar-refractivity contribution in [1.82, 2.24) is 5.32 Å². The van der Waals surface area contributed by atoms with Gasteiger partial charge in [-0.25, -0.2) is 0 Å². The average molecular weight is 267 g/mol. The molecule has 2 aromatic carbocycles. The molecule has 104 valence electrons. The molecule has 1 aliphatic heterocycles. The zero-order chi connectivity index (χ0) is 13.8. The molecule has 1 aliphatic rings. The Kier molecular flexibility index (Phi) is 4.03. The first-order valence-electron chi connectivity index (χ1n) is 7.32. The van der Waals surface area contributed by atoms with Crippen LogP contribution in [0.5, 0.6) is 5.75 Å². The van der Waals surface area contributed by atoms with Gasteiger partial charge in [-0.2, -0.15) is 0 Å². The lowest BCUT2D eigenvalue weighted by molar-refractivity contribution is 0.357. The van der Waals surface area contributed by atoms with E-state index in [2.05, 4.69) is 54.7 Å². The second kappa shape index (κ2) is 6.10. The molecule has 2 heteroatoms. The summed E-state index contributed by atoms with van der Waals surface area (Å²) in [5.74, 6) is 1.06. The lowest BCUT2D eigenvalue weighted by Gasteiger charge is -2.07. The van der Waals surface area contributed by atoms with Gasteiger partial charge in [0.2, 0.25) is 0 Å². The van der Waals surface area contributed by atoms with Crippen molar-refractivity contribution >= 4 is 0 Å². The van der Waals surface area contributed by atoms with Gasteiger partial charge in [-0.05, 0) is 42.6 Å². The molecule has 0 saturated carbocycles. The normalized spacial score (nSPS) is 13.1. The predicted molar refractivity (Wildman–Crippen MR) is 82.2 cm³/mol. The van der Waals surface area contributed by atoms with Crippen LogP contribution in [0.25, 0.3) is 0 Å². The van der Waals surface area contributed by atoms with Gasteiger partial charge in [0.05, 0.1) is 6.61 Å². The molecule has 0 fully saturated rings. The van der Waals surface area contributed by atoms with Gasteiger partial charge in [-0.3, -0.25) is 0 Å². The van der Waals surface area contributed by atoms with Crippen LogP contribution in [0.1, 0.15) is 22.3 Å². The minimum absolute atomic E-state index is 0.833. The van der Waals surface area contributed by atoms with Crippen molar-refractivity contribution in [3.05, 3.63) is 64.7 Å². The first-order chi connectivity index (χ1) is 9.81. The highest BCUT2D eigenvalue weighted by Gasteiger charge is 2.11. The minimum Gasteiger partial charge on any atom is -0.493 e. The van der Waals surface area contributed by atoms with E-state index in [-0.39, 0.29) is 0 Å². The molecule has 0 saturated heterocycles. The summed E-state index contributed by atoms with van der Waals surface area (Å²) in [6.45, 7) is 4.92. The number of hydrogen-bond acceptors (Lipinski definition) is 2. The molecule has 0 unspecified atom stereocenters. The minimum atomic E-state index is 0.833. The molecule has 2 nitrogen and oxygen atoms in total. The third-order valence-electron chi connectivity index (χ3n) is 3.76. The summed E-state index contributed by atoms with van der Waals surface area (Å²) in [4.78, 5) is 0. The SMILES string of the molecule is Cc1cccc(CCNCc2ccc3c(c2)CCO3)c1. The fourth-order valence-electron chi connectivity index (χ4n) is 2.68. The second-order valence-corrected chi connectivity index (χ2v) is 5.46. The molecule has 0 radical (unpaired) electrons. The van der Waals surface area contributed by atoms with Crippen LogP contribution < -0.4 is 10.1 Å². The van der Waals surface area contributed by atoms with E-state index in [9.17, 15) is 0 Å². The number of nitrogens with one attached hydrogen (secondary N) is 1. The summed E-state index contributed by atoms with van der Waals surface area (Å²) >= 11 is 0. The van der Waals surface area contributed by atoms with Crippen LogP contribution in [-0.4, -0.2) is 13.2 Å². The van der Waals surface area contributed by atoms with Gasteiger partial charge in [0.1, 0.15) is 5.75 Å². The number of hydrogen-bond donors (Lipinski definition) is 1. The van der Waals surface area contributed by atoms with Crippen molar-refractivity contribution in [2.75, 3.05) is 13.2 Å². The average Bonchev–Trinajstić information content (AvgIpc) is 2.91. The van der Waals surface area contributed by atoms with Crippen molar-refractivity contribution < 1.29 is 4.74 Å². The monoisotopic (exact) mass is 267 g/mol. The maximum Gasteiger partial charge on any atom is 0.122 e. The van der Waals surface area contributed by atoms with Crippen molar-refractivity contribution in [3.63, 3.8) is 0 Å². The van der Waals surface area contributed by atoms with Crippen LogP contribution in [0, 0.1) is 6.92 Å². The highest BCUT2D eigenvalue weighted by atomic mass is 16.5. The number of fused-ring (bicyclic) bond motifs is 1. The van der Waals surface area contributed by atoms with Gasteiger partial charge in [-0.1, -0.05) is 42.0 Å². The van der Waals surface area contributed by atoms with Crippen LogP contribution >= 0.6 is 0 Å². The van der Waals surface area contributed by atoms with Crippen molar-refractivity contribution in [1.29, 1.82) is 0 Å². The van der Waals surface area contributed by atoms with E-state index in [0.29, 0.717) is 0 Å². The van der Waals surface area contributed by atoms with Crippen molar-refractivity contribution in [2.45, 2.75) is 26.3 Å². The third-order valence-corrected chi connectivity index (χ3v) is 3.76. The van der Waals surface area contributed by atoms with Crippen LogP contribution in [0.4, 0.5) is 0 Å². The van der Waals surface area contributed by atoms with E-state index in [1.807, 2.05) is 0 Å². The van der Waals surface area contributed by atoms with E-state index in [4.69, 9.17) is 4.74 Å². The first kappa shape index (κ1) is 13.2. The predicted octanol–water partition coefficient (Wildman–Crippen LogP) is 3.26. The number of rotatable bonds is 5. The quantitative estimate of drug-likeness (QED) is 0.840. The van der Waals surface area contributed by atoms with Gasteiger partial charge in [0.25, 0.3) is 0 Å². The summed E-state index contributed by atoms with van der Waals surface area (Å²) in [5.41, 5.74) is 5.43. The third kappa shape index (κ3) is 3.20. The molecule has 1 heterocycles. The van der Waals surface area contributed by atoms with Crippen LogP contribution in [0.2, 0.25) is 0 Å². The molecule has 20 heavy (non-hydrogen) atoms. The lowest BCUT2D eigenvalue weighted by atomic mass is 10.1. The molecule has 0 aliphatic carbocycles. The smallest absolute Gasteiger partial charge is 0.122 e. The molecule has 0 aromatic heterocycles. The van der Waals surface area contributed by atoms with Gasteiger partial charge in [-0.15, -0.1) is 0 Å². The lowest BCUT2D eigenvalue weighted by Crippen LogP contribution is -2.16. The zero-order valence-electron chi connectivity index (χ0n) is 12.0. The molecule has 3 rings (SSSR count). The van der Waals surface area contributed by atoms with Gasteiger partial charge in [0, 0.05) is 13.0 Å². The van der Waals surface area contributed by atoms with Gasteiger partial charge in [0.15, 0.2) is 0 Å². The fourth-order valence-corrected chi connectivity index (χ4v) is 2.68. The van der Waals surface area contributed by atoms with E-state index in [0.717, 1.165) is 38.3 Å². The van der Waals surface area contributed by atoms with Crippen LogP contribution in [-0.2, 0) is 19.4 Å². The maximum absolute atomic E-state index is 5.53. The molecule has 1 N–H and O–H groups in total. The van der Waals surface area contributed by atoms with Crippen molar-refractivity contribution in [2.24, 2.45) is 0 Å². The number of aryl methyl sites for hydroxylation is 1. The Morgan fingerprint density at radius 2 is 2.05 bits per heavy atom. The Labute approximate surface area is 120 Å². The summed E-state index contributed by atoms with van der Waals surface area (Å²) in [7, 11) is 0. The van der Waals surface area contributed by atoms with Crippen LogP contribution in [0.15, 0.2) is 42.5 Å². The molecule has 0 amide bonds. The van der Waals surface area contributed by atoms with E-state index in [1.54, 1.807) is 0 Å². The fraction of sp³-hybridized carbons (Fsp3) is 0.333. The first-order valence-corrected chi connectivity index (χ1v) is 7.32. The molecular formula is C18H21NO. The Hall–Kier alpha value is -1.80. The summed E-state index contributed by atoms with van der Waals surface area (Å²) < 4.78 is 5.53. The largest absolute Gasteiger partial charge is 0.493 e. The molecule has 0 spiro atoms. The van der Waals surface area contributed by atoms with Gasteiger partial charge >= 0.3 is 0 Å². The Bertz CT molecular complexity index is 592. The second-order valence-electron chi connectivity index (χ2n) is 5.46. The van der Waals surface area contributed by atoms with Crippen molar-refractivity contribution in [3.8, 4) is 5.75 Å². The Morgan fingerprint density at radius 1 is 1.10 bits per heavy atom. The topological polar surface area (TPSA) is 21.3 Å². The summed E-state index contributed by atoms with van der Waals surface area (Å²) in [5, 5.41) is 3.52. The number of ether oxygens (including phenoxy) is 1. The highest BCUT2D eigenvalue weighted by molar-refractivity contribution is 5.39. The molecule has 2 aromatic rings. The molecule has 0 bridgehead atoms. The molecular weight excluding hydrogens is 246 g/mol. The maximum atomic E-state index is 5.53. The van der Waals surface area contributed by atoms with E-state index in [1.165, 1.54) is 22.3 Å². The van der Waals surface area contributed by atoms with Gasteiger partial charge < -0.3 is 10.1 Å². The Morgan fingerprint density at radius 3 is 2.95 bits per heavy atom. The summed E-state index contributed by atoms with van der Waals surface area (Å²) in [6, 6.07) is 15.2. The number of benzene rings is 2. The standard InChI is InChI=1S/C18H21NO/c1-14-3-2-4-15(11-14)7-9-19-13-16-5-6-18-17(12-16)8-10-20-18/h2-6,11-12,19H,7-10,13H2,1H3. The van der Waals surface area contributed by atoms with Crippen LogP contribution in [0.3, 0.4) is 0 Å². The molecule has 0 atom stereocenters. The van der Waals surface area contributed by atoms with E-state index >= 15 is 0 Å². The zero-order valence-corrected chi connectivity index (χ0v) is 12.0. The summed E-state index contributed by atoms with van der Waals surface area (Å²) in [6.07, 6.45) is 2.13.